The largest absolute Gasteiger partial charge is 0.497 e. The summed E-state index contributed by atoms with van der Waals surface area (Å²) in [6.07, 6.45) is 5.36. The summed E-state index contributed by atoms with van der Waals surface area (Å²) in [7, 11) is 3.00. The van der Waals surface area contributed by atoms with E-state index in [0.29, 0.717) is 29.1 Å². The molecule has 118 valence electrons. The van der Waals surface area contributed by atoms with Crippen molar-refractivity contribution in [2.24, 2.45) is 0 Å². The van der Waals surface area contributed by atoms with E-state index in [-0.39, 0.29) is 5.78 Å². The summed E-state index contributed by atoms with van der Waals surface area (Å²) in [6, 6.07) is 4.94. The molecule has 0 spiro atoms. The molecule has 0 saturated carbocycles. The van der Waals surface area contributed by atoms with E-state index >= 15 is 0 Å². The predicted molar refractivity (Wildman–Crippen MR) is 83.6 cm³/mol. The summed E-state index contributed by atoms with van der Waals surface area (Å²) in [5, 5.41) is 8.81. The number of ether oxygens (including phenoxy) is 2. The van der Waals surface area contributed by atoms with Crippen LogP contribution in [0.5, 0.6) is 11.5 Å². The topological polar surface area (TPSA) is 72.8 Å². The first kappa shape index (κ1) is 17.5. The summed E-state index contributed by atoms with van der Waals surface area (Å²) < 4.78 is 10.3. The van der Waals surface area contributed by atoms with Gasteiger partial charge in [-0.2, -0.15) is 0 Å². The van der Waals surface area contributed by atoms with Gasteiger partial charge in [0.2, 0.25) is 0 Å². The Labute approximate surface area is 129 Å². The second-order valence-corrected chi connectivity index (χ2v) is 4.57. The first-order chi connectivity index (χ1) is 10.5. The minimum absolute atomic E-state index is 0.275. The number of rotatable bonds is 8. The van der Waals surface area contributed by atoms with Crippen LogP contribution in [-0.4, -0.2) is 31.1 Å². The molecular weight excluding hydrogens is 284 g/mol. The molecule has 1 N–H and O–H groups in total. The highest BCUT2D eigenvalue weighted by atomic mass is 16.5. The van der Waals surface area contributed by atoms with Gasteiger partial charge in [-0.3, -0.25) is 4.79 Å². The lowest BCUT2D eigenvalue weighted by atomic mass is 10.1. The lowest BCUT2D eigenvalue weighted by molar-refractivity contribution is -0.131. The number of carbonyl (C=O) groups is 2. The number of ketones is 1. The first-order valence-electron chi connectivity index (χ1n) is 6.89. The number of hydrogen-bond donors (Lipinski definition) is 1. The second kappa shape index (κ2) is 8.67. The molecule has 1 aromatic carbocycles. The lowest BCUT2D eigenvalue weighted by Crippen LogP contribution is -2.00. The quantitative estimate of drug-likeness (QED) is 0.453. The summed E-state index contributed by atoms with van der Waals surface area (Å²) in [6.45, 7) is 1.94. The Bertz CT molecular complexity index is 599. The Balaban J connectivity index is 3.05. The third-order valence-corrected chi connectivity index (χ3v) is 2.97. The van der Waals surface area contributed by atoms with Gasteiger partial charge in [0.15, 0.2) is 5.78 Å². The molecule has 0 heterocycles. The van der Waals surface area contributed by atoms with Crippen molar-refractivity contribution in [2.75, 3.05) is 14.2 Å². The van der Waals surface area contributed by atoms with Gasteiger partial charge in [0.1, 0.15) is 11.5 Å². The van der Waals surface area contributed by atoms with Crippen LogP contribution >= 0.6 is 0 Å². The van der Waals surface area contributed by atoms with E-state index in [9.17, 15) is 9.59 Å². The zero-order valence-corrected chi connectivity index (χ0v) is 13.0. The molecular formula is C17H20O5. The van der Waals surface area contributed by atoms with E-state index in [2.05, 4.69) is 0 Å². The van der Waals surface area contributed by atoms with Crippen molar-refractivity contribution in [1.29, 1.82) is 0 Å². The Hall–Kier alpha value is -2.56. The van der Waals surface area contributed by atoms with Gasteiger partial charge in [-0.15, -0.1) is 0 Å². The average Bonchev–Trinajstić information content (AvgIpc) is 2.51. The van der Waals surface area contributed by atoms with Crippen LogP contribution < -0.4 is 9.47 Å². The van der Waals surface area contributed by atoms with Crippen LogP contribution in [0.4, 0.5) is 0 Å². The van der Waals surface area contributed by atoms with Crippen LogP contribution in [0.1, 0.15) is 30.1 Å². The summed E-state index contributed by atoms with van der Waals surface area (Å²) in [5.41, 5.74) is 0.953. The van der Waals surface area contributed by atoms with E-state index < -0.39 is 5.97 Å². The van der Waals surface area contributed by atoms with Crippen molar-refractivity contribution < 1.29 is 24.2 Å². The number of hydrogen-bond acceptors (Lipinski definition) is 4. The van der Waals surface area contributed by atoms with Crippen molar-refractivity contribution in [3.63, 3.8) is 0 Å². The maximum atomic E-state index is 12.3. The van der Waals surface area contributed by atoms with Crippen molar-refractivity contribution >= 4 is 11.8 Å². The highest BCUT2D eigenvalue weighted by molar-refractivity contribution is 6.07. The van der Waals surface area contributed by atoms with Gasteiger partial charge in [-0.1, -0.05) is 19.4 Å². The fraction of sp³-hybridized carbons (Fsp3) is 0.294. The SMILES string of the molecule is CCCC(C=CC(=O)c1cc(OC)ccc1OC)=CC(=O)O. The number of allylic oxidation sites excluding steroid dienone is 3. The Kier molecular flexibility index (Phi) is 6.89. The van der Waals surface area contributed by atoms with Crippen LogP contribution in [0, 0.1) is 0 Å². The molecule has 0 aliphatic carbocycles. The van der Waals surface area contributed by atoms with E-state index in [0.717, 1.165) is 12.5 Å². The molecule has 1 rings (SSSR count). The second-order valence-electron chi connectivity index (χ2n) is 4.57. The van der Waals surface area contributed by atoms with Gasteiger partial charge in [0, 0.05) is 6.08 Å². The molecule has 1 aromatic rings. The minimum Gasteiger partial charge on any atom is -0.497 e. The van der Waals surface area contributed by atoms with Crippen LogP contribution in [-0.2, 0) is 4.79 Å². The van der Waals surface area contributed by atoms with Gasteiger partial charge in [0.05, 0.1) is 19.8 Å². The predicted octanol–water partition coefficient (Wildman–Crippen LogP) is 3.25. The van der Waals surface area contributed by atoms with Gasteiger partial charge in [-0.05, 0) is 36.3 Å². The monoisotopic (exact) mass is 304 g/mol. The van der Waals surface area contributed by atoms with Crippen LogP contribution in [0.25, 0.3) is 0 Å². The van der Waals surface area contributed by atoms with Crippen LogP contribution in [0.3, 0.4) is 0 Å². The summed E-state index contributed by atoms with van der Waals surface area (Å²) >= 11 is 0. The molecule has 0 aliphatic rings. The fourth-order valence-corrected chi connectivity index (χ4v) is 1.93. The van der Waals surface area contributed by atoms with Gasteiger partial charge < -0.3 is 14.6 Å². The highest BCUT2D eigenvalue weighted by Crippen LogP contribution is 2.24. The molecule has 0 fully saturated rings. The number of carboxylic acid groups (broad SMARTS) is 1. The third kappa shape index (κ3) is 5.09. The maximum absolute atomic E-state index is 12.3. The molecule has 0 radical (unpaired) electrons. The number of carbonyl (C=O) groups excluding carboxylic acids is 1. The normalized spacial score (nSPS) is 11.5. The lowest BCUT2D eigenvalue weighted by Gasteiger charge is -2.08. The van der Waals surface area contributed by atoms with Crippen molar-refractivity contribution in [3.05, 3.63) is 47.6 Å². The molecule has 5 nitrogen and oxygen atoms in total. The molecule has 0 atom stereocenters. The number of benzene rings is 1. The van der Waals surface area contributed by atoms with E-state index in [1.165, 1.54) is 26.4 Å². The maximum Gasteiger partial charge on any atom is 0.328 e. The average molecular weight is 304 g/mol. The van der Waals surface area contributed by atoms with Gasteiger partial charge >= 0.3 is 5.97 Å². The third-order valence-electron chi connectivity index (χ3n) is 2.97. The molecule has 0 unspecified atom stereocenters. The summed E-state index contributed by atoms with van der Waals surface area (Å²) in [4.78, 5) is 23.0. The molecule has 5 heteroatoms. The first-order valence-corrected chi connectivity index (χ1v) is 6.89. The molecule has 0 bridgehead atoms. The molecule has 0 aliphatic heterocycles. The van der Waals surface area contributed by atoms with Crippen molar-refractivity contribution in [2.45, 2.75) is 19.8 Å². The zero-order valence-electron chi connectivity index (χ0n) is 13.0. The molecule has 0 amide bonds. The van der Waals surface area contributed by atoms with E-state index in [1.807, 2.05) is 6.92 Å². The van der Waals surface area contributed by atoms with Gasteiger partial charge in [0.25, 0.3) is 0 Å². The Morgan fingerprint density at radius 1 is 1.18 bits per heavy atom. The summed E-state index contributed by atoms with van der Waals surface area (Å²) in [5.74, 6) is -0.315. The highest BCUT2D eigenvalue weighted by Gasteiger charge is 2.11. The van der Waals surface area contributed by atoms with E-state index in [1.54, 1.807) is 18.2 Å². The van der Waals surface area contributed by atoms with Crippen molar-refractivity contribution in [1.82, 2.24) is 0 Å². The number of methoxy groups -OCH3 is 2. The van der Waals surface area contributed by atoms with E-state index in [4.69, 9.17) is 14.6 Å². The van der Waals surface area contributed by atoms with Crippen LogP contribution in [0.2, 0.25) is 0 Å². The number of carboxylic acids is 1. The Morgan fingerprint density at radius 2 is 1.91 bits per heavy atom. The molecule has 0 aromatic heterocycles. The standard InChI is InChI=1S/C17H20O5/c1-4-5-12(10-17(19)20)6-8-15(18)14-11-13(21-2)7-9-16(14)22-3/h6-11H,4-5H2,1-3H3,(H,19,20). The smallest absolute Gasteiger partial charge is 0.328 e. The van der Waals surface area contributed by atoms with Crippen LogP contribution in [0.15, 0.2) is 42.0 Å². The van der Waals surface area contributed by atoms with Gasteiger partial charge in [-0.25, -0.2) is 4.79 Å². The number of aliphatic carboxylic acids is 1. The fourth-order valence-electron chi connectivity index (χ4n) is 1.93. The Morgan fingerprint density at radius 3 is 2.45 bits per heavy atom. The zero-order chi connectivity index (χ0) is 16.5. The van der Waals surface area contributed by atoms with Crippen molar-refractivity contribution in [3.8, 4) is 11.5 Å². The minimum atomic E-state index is -1.03. The molecule has 0 saturated heterocycles. The molecule has 22 heavy (non-hydrogen) atoms.